The molecule has 1 spiro atoms. The molecule has 1 aliphatic carbocycles. The van der Waals surface area contributed by atoms with Crippen molar-refractivity contribution in [3.63, 3.8) is 0 Å². The van der Waals surface area contributed by atoms with Crippen molar-refractivity contribution in [2.24, 2.45) is 0 Å². The van der Waals surface area contributed by atoms with Crippen LogP contribution in [0.4, 0.5) is 4.79 Å². The number of carbonyl (C=O) groups is 3. The molecule has 1 aromatic carbocycles. The van der Waals surface area contributed by atoms with E-state index >= 15 is 0 Å². The van der Waals surface area contributed by atoms with Crippen molar-refractivity contribution in [2.45, 2.75) is 43.7 Å². The average Bonchev–Trinajstić information content (AvgIpc) is 2.90. The Morgan fingerprint density at radius 3 is 2.59 bits per heavy atom. The van der Waals surface area contributed by atoms with Gasteiger partial charge in [0.1, 0.15) is 18.7 Å². The molecule has 2 aliphatic heterocycles. The molecule has 8 heteroatoms. The van der Waals surface area contributed by atoms with Crippen LogP contribution in [-0.4, -0.2) is 78.0 Å². The van der Waals surface area contributed by atoms with E-state index in [9.17, 15) is 14.4 Å². The zero-order chi connectivity index (χ0) is 20.6. The van der Waals surface area contributed by atoms with Gasteiger partial charge in [0, 0.05) is 14.1 Å². The van der Waals surface area contributed by atoms with Gasteiger partial charge in [0.2, 0.25) is 5.91 Å². The van der Waals surface area contributed by atoms with E-state index in [0.717, 1.165) is 24.2 Å². The van der Waals surface area contributed by atoms with Crippen LogP contribution in [0.2, 0.25) is 0 Å². The van der Waals surface area contributed by atoms with Crippen LogP contribution in [0.15, 0.2) is 24.3 Å². The second kappa shape index (κ2) is 7.57. The summed E-state index contributed by atoms with van der Waals surface area (Å²) < 4.78 is 11.6. The van der Waals surface area contributed by atoms with Crippen LogP contribution >= 0.6 is 0 Å². The Labute approximate surface area is 170 Å². The number of ether oxygens (including phenoxy) is 2. The standard InChI is InChI=1S/C21H27N3O5/c1-22(12-15-14-28-16-8-4-5-9-17(16)29-15)18(25)13-24-19(26)21(23(2)20(24)27)10-6-3-7-11-21/h4-5,8-9,15H,3,6-7,10-14H2,1-2H3/t15-/m0/s1. The van der Waals surface area contributed by atoms with Gasteiger partial charge in [-0.05, 0) is 25.0 Å². The molecule has 0 radical (unpaired) electrons. The summed E-state index contributed by atoms with van der Waals surface area (Å²) in [5.74, 6) is 0.801. The highest BCUT2D eigenvalue weighted by Crippen LogP contribution is 2.39. The average molecular weight is 401 g/mol. The lowest BCUT2D eigenvalue weighted by Crippen LogP contribution is -2.50. The van der Waals surface area contributed by atoms with Gasteiger partial charge in [0.15, 0.2) is 17.6 Å². The molecule has 156 valence electrons. The zero-order valence-corrected chi connectivity index (χ0v) is 16.9. The van der Waals surface area contributed by atoms with Crippen molar-refractivity contribution in [2.75, 3.05) is 33.8 Å². The smallest absolute Gasteiger partial charge is 0.327 e. The summed E-state index contributed by atoms with van der Waals surface area (Å²) in [6, 6.07) is 7.01. The molecule has 0 unspecified atom stereocenters. The molecular formula is C21H27N3O5. The molecule has 29 heavy (non-hydrogen) atoms. The van der Waals surface area contributed by atoms with Crippen molar-refractivity contribution in [1.29, 1.82) is 0 Å². The largest absolute Gasteiger partial charge is 0.486 e. The molecule has 4 rings (SSSR count). The van der Waals surface area contributed by atoms with Gasteiger partial charge >= 0.3 is 6.03 Å². The van der Waals surface area contributed by atoms with Gasteiger partial charge in [-0.1, -0.05) is 31.4 Å². The summed E-state index contributed by atoms with van der Waals surface area (Å²) in [4.78, 5) is 42.6. The first-order valence-electron chi connectivity index (χ1n) is 10.1. The van der Waals surface area contributed by atoms with Gasteiger partial charge in [-0.15, -0.1) is 0 Å². The van der Waals surface area contributed by atoms with Gasteiger partial charge in [0.05, 0.1) is 6.54 Å². The lowest BCUT2D eigenvalue weighted by Gasteiger charge is -2.35. The van der Waals surface area contributed by atoms with Crippen molar-refractivity contribution >= 4 is 17.8 Å². The first-order valence-corrected chi connectivity index (χ1v) is 10.1. The van der Waals surface area contributed by atoms with Crippen LogP contribution < -0.4 is 9.47 Å². The zero-order valence-electron chi connectivity index (χ0n) is 16.9. The van der Waals surface area contributed by atoms with Gasteiger partial charge in [-0.3, -0.25) is 14.5 Å². The van der Waals surface area contributed by atoms with E-state index in [1.54, 1.807) is 14.1 Å². The number of rotatable bonds is 4. The van der Waals surface area contributed by atoms with Crippen LogP contribution in [-0.2, 0) is 9.59 Å². The number of benzene rings is 1. The Morgan fingerprint density at radius 2 is 1.86 bits per heavy atom. The number of carbonyl (C=O) groups excluding carboxylic acids is 3. The van der Waals surface area contributed by atoms with Gasteiger partial charge in [-0.25, -0.2) is 4.79 Å². The summed E-state index contributed by atoms with van der Waals surface area (Å²) in [6.07, 6.45) is 3.95. The maximum atomic E-state index is 13.0. The number of nitrogens with zero attached hydrogens (tertiary/aromatic N) is 3. The Balaban J connectivity index is 1.38. The minimum Gasteiger partial charge on any atom is -0.486 e. The summed E-state index contributed by atoms with van der Waals surface area (Å²) in [6.45, 7) is 0.400. The quantitative estimate of drug-likeness (QED) is 0.720. The van der Waals surface area contributed by atoms with Gasteiger partial charge in [-0.2, -0.15) is 0 Å². The van der Waals surface area contributed by atoms with Crippen molar-refractivity contribution in [3.8, 4) is 11.5 Å². The number of imide groups is 1. The molecule has 1 atom stereocenters. The SMILES string of the molecule is CN(C[C@H]1COc2ccccc2O1)C(=O)CN1C(=O)N(C)C2(CCCCC2)C1=O. The number of likely N-dealkylation sites (N-methyl/N-ethyl adjacent to an activating group) is 2. The highest BCUT2D eigenvalue weighted by Gasteiger charge is 2.55. The van der Waals surface area contributed by atoms with Gasteiger partial charge < -0.3 is 19.3 Å². The van der Waals surface area contributed by atoms with Crippen LogP contribution in [0.5, 0.6) is 11.5 Å². The third-order valence-electron chi connectivity index (χ3n) is 6.25. The number of fused-ring (bicyclic) bond motifs is 1. The van der Waals surface area contributed by atoms with Crippen LogP contribution in [0.3, 0.4) is 0 Å². The molecule has 0 aromatic heterocycles. The van der Waals surface area contributed by atoms with Crippen LogP contribution in [0, 0.1) is 0 Å². The first-order chi connectivity index (χ1) is 13.9. The normalized spacial score (nSPS) is 22.9. The highest BCUT2D eigenvalue weighted by molar-refractivity contribution is 6.08. The van der Waals surface area contributed by atoms with Crippen LogP contribution in [0.25, 0.3) is 0 Å². The summed E-state index contributed by atoms with van der Waals surface area (Å²) >= 11 is 0. The predicted molar refractivity (Wildman–Crippen MR) is 105 cm³/mol. The summed E-state index contributed by atoms with van der Waals surface area (Å²) in [7, 11) is 3.32. The second-order valence-corrected chi connectivity index (χ2v) is 8.10. The molecule has 1 saturated carbocycles. The van der Waals surface area contributed by atoms with E-state index in [2.05, 4.69) is 0 Å². The number of hydrogen-bond donors (Lipinski definition) is 0. The number of urea groups is 1. The van der Waals surface area contributed by atoms with Crippen molar-refractivity contribution < 1.29 is 23.9 Å². The molecule has 0 N–H and O–H groups in total. The molecular weight excluding hydrogens is 374 g/mol. The maximum absolute atomic E-state index is 13.0. The lowest BCUT2D eigenvalue weighted by molar-refractivity contribution is -0.140. The fraction of sp³-hybridized carbons (Fsp3) is 0.571. The first kappa shape index (κ1) is 19.5. The summed E-state index contributed by atoms with van der Waals surface area (Å²) in [5.41, 5.74) is -0.766. The van der Waals surface area contributed by atoms with E-state index in [1.165, 1.54) is 9.80 Å². The fourth-order valence-corrected chi connectivity index (χ4v) is 4.49. The van der Waals surface area contributed by atoms with Gasteiger partial charge in [0.25, 0.3) is 5.91 Å². The second-order valence-electron chi connectivity index (χ2n) is 8.10. The van der Waals surface area contributed by atoms with Crippen molar-refractivity contribution in [3.05, 3.63) is 24.3 Å². The molecule has 4 amide bonds. The van der Waals surface area contributed by atoms with E-state index in [1.807, 2.05) is 24.3 Å². The van der Waals surface area contributed by atoms with E-state index in [4.69, 9.17) is 9.47 Å². The number of hydrogen-bond acceptors (Lipinski definition) is 5. The predicted octanol–water partition coefficient (Wildman–Crippen LogP) is 1.88. The summed E-state index contributed by atoms with van der Waals surface area (Å²) in [5, 5.41) is 0. The number of amides is 4. The fourth-order valence-electron chi connectivity index (χ4n) is 4.49. The van der Waals surface area contributed by atoms with Crippen molar-refractivity contribution in [1.82, 2.24) is 14.7 Å². The number of para-hydroxylation sites is 2. The lowest BCUT2D eigenvalue weighted by atomic mass is 9.81. The Kier molecular flexibility index (Phi) is 5.10. The maximum Gasteiger partial charge on any atom is 0.327 e. The molecule has 3 aliphatic rings. The topological polar surface area (TPSA) is 79.4 Å². The van der Waals surface area contributed by atoms with E-state index in [-0.39, 0.29) is 30.5 Å². The molecule has 8 nitrogen and oxygen atoms in total. The Hall–Kier alpha value is -2.77. The van der Waals surface area contributed by atoms with Crippen LogP contribution in [0.1, 0.15) is 32.1 Å². The minimum absolute atomic E-state index is 0.238. The Bertz CT molecular complexity index is 820. The monoisotopic (exact) mass is 401 g/mol. The van der Waals surface area contributed by atoms with E-state index < -0.39 is 5.54 Å². The molecule has 2 heterocycles. The Morgan fingerprint density at radius 1 is 1.17 bits per heavy atom. The van der Waals surface area contributed by atoms with E-state index in [0.29, 0.717) is 37.5 Å². The highest BCUT2D eigenvalue weighted by atomic mass is 16.6. The third kappa shape index (κ3) is 3.41. The third-order valence-corrected chi connectivity index (χ3v) is 6.25. The minimum atomic E-state index is -0.766. The molecule has 0 bridgehead atoms. The molecule has 1 aromatic rings. The molecule has 2 fully saturated rings. The molecule has 1 saturated heterocycles.